The molecule has 0 bridgehead atoms. The van der Waals surface area contributed by atoms with Gasteiger partial charge < -0.3 is 14.6 Å². The van der Waals surface area contributed by atoms with E-state index in [0.717, 1.165) is 33.0 Å². The Morgan fingerprint density at radius 3 is 1.48 bits per heavy atom. The Morgan fingerprint density at radius 1 is 0.700 bits per heavy atom. The van der Waals surface area contributed by atoms with E-state index in [0.29, 0.717) is 44.9 Å². The number of aromatic nitrogens is 3. The van der Waals surface area contributed by atoms with Gasteiger partial charge in [-0.05, 0) is 52.4 Å². The van der Waals surface area contributed by atoms with Crippen LogP contribution in [0.4, 0.5) is 0 Å². The molecule has 1 aromatic rings. The van der Waals surface area contributed by atoms with Gasteiger partial charge in [-0.1, -0.05) is 52.7 Å². The summed E-state index contributed by atoms with van der Waals surface area (Å²) < 4.78 is 13.9. The van der Waals surface area contributed by atoms with Crippen LogP contribution in [-0.4, -0.2) is 49.6 Å². The average Bonchev–Trinajstić information content (AvgIpc) is 2.91. The summed E-state index contributed by atoms with van der Waals surface area (Å²) in [5, 5.41) is 9.03. The van der Waals surface area contributed by atoms with Crippen LogP contribution in [0.2, 0.25) is 0 Å². The third kappa shape index (κ3) is 11.1. The summed E-state index contributed by atoms with van der Waals surface area (Å²) in [7, 11) is 0. The predicted molar refractivity (Wildman–Crippen MR) is 153 cm³/mol. The van der Waals surface area contributed by atoms with Crippen molar-refractivity contribution in [2.24, 2.45) is 0 Å². The molecule has 11 heteroatoms. The van der Waals surface area contributed by atoms with E-state index in [9.17, 15) is 24.0 Å². The first kappa shape index (κ1) is 34.8. The van der Waals surface area contributed by atoms with Crippen LogP contribution in [0.3, 0.4) is 0 Å². The molecule has 0 aliphatic heterocycles. The Balaban J connectivity index is 3.59. The molecule has 0 fully saturated rings. The van der Waals surface area contributed by atoms with Gasteiger partial charge in [0.25, 0.3) is 0 Å². The maximum absolute atomic E-state index is 13.6. The number of rotatable bonds is 20. The van der Waals surface area contributed by atoms with Crippen molar-refractivity contribution >= 4 is 11.9 Å². The molecule has 0 amide bonds. The van der Waals surface area contributed by atoms with Crippen molar-refractivity contribution in [2.75, 3.05) is 6.61 Å². The number of nitrogens with zero attached hydrogens (tertiary/aromatic N) is 3. The van der Waals surface area contributed by atoms with Crippen LogP contribution in [0.15, 0.2) is 38.7 Å². The Labute approximate surface area is 236 Å². The number of hydrogen-bond acceptors (Lipinski definition) is 8. The number of carbonyl (C=O) groups excluding carboxylic acids is 2. The fourth-order valence-electron chi connectivity index (χ4n) is 4.07. The lowest BCUT2D eigenvalue weighted by atomic mass is 10.1. The van der Waals surface area contributed by atoms with Gasteiger partial charge >= 0.3 is 29.0 Å². The van der Waals surface area contributed by atoms with Crippen molar-refractivity contribution in [2.45, 2.75) is 124 Å². The van der Waals surface area contributed by atoms with Crippen molar-refractivity contribution in [1.82, 2.24) is 13.7 Å². The molecule has 1 heterocycles. The lowest BCUT2D eigenvalue weighted by Crippen LogP contribution is -2.56. The second-order valence-electron chi connectivity index (χ2n) is 10.3. The molecule has 0 spiro atoms. The van der Waals surface area contributed by atoms with Crippen LogP contribution in [0.1, 0.15) is 91.9 Å². The van der Waals surface area contributed by atoms with Gasteiger partial charge in [0.15, 0.2) is 0 Å². The third-order valence-corrected chi connectivity index (χ3v) is 6.45. The van der Waals surface area contributed by atoms with E-state index in [1.807, 2.05) is 13.8 Å². The second-order valence-corrected chi connectivity index (χ2v) is 10.3. The standard InChI is InChI=1S/C29H47N3O8/c1-7-9-15-23(39-25(34)21(3)4)19-31-27(36)30(17-13-11-12-14-18-33)28(37)32(29(31)38)20-24(16-10-8-2)40-26(35)22(5)6/h23-24,33H,3,5,7-20H2,1-2,4,6H3. The highest BCUT2D eigenvalue weighted by Gasteiger charge is 2.24. The highest BCUT2D eigenvalue weighted by Crippen LogP contribution is 2.11. The van der Waals surface area contributed by atoms with Crippen LogP contribution in [0.5, 0.6) is 0 Å². The number of esters is 2. The summed E-state index contributed by atoms with van der Waals surface area (Å²) in [5.74, 6) is -1.25. The van der Waals surface area contributed by atoms with Crippen molar-refractivity contribution in [3.8, 4) is 0 Å². The minimum Gasteiger partial charge on any atom is -0.457 e. The van der Waals surface area contributed by atoms with Crippen LogP contribution in [-0.2, 0) is 38.7 Å². The molecule has 40 heavy (non-hydrogen) atoms. The van der Waals surface area contributed by atoms with Gasteiger partial charge in [-0.3, -0.25) is 0 Å². The van der Waals surface area contributed by atoms with Gasteiger partial charge in [0, 0.05) is 24.3 Å². The van der Waals surface area contributed by atoms with Crippen molar-refractivity contribution in [1.29, 1.82) is 0 Å². The molecule has 226 valence electrons. The molecular weight excluding hydrogens is 518 g/mol. The van der Waals surface area contributed by atoms with E-state index < -0.39 is 41.2 Å². The van der Waals surface area contributed by atoms with Gasteiger partial charge in [-0.15, -0.1) is 0 Å². The summed E-state index contributed by atoms with van der Waals surface area (Å²) in [5.41, 5.74) is -2.04. The Morgan fingerprint density at radius 2 is 1.10 bits per heavy atom. The molecule has 0 aliphatic rings. The normalized spacial score (nSPS) is 12.5. The quantitative estimate of drug-likeness (QED) is 0.145. The predicted octanol–water partition coefficient (Wildman–Crippen LogP) is 3.08. The fourth-order valence-corrected chi connectivity index (χ4v) is 4.07. The fraction of sp³-hybridized carbons (Fsp3) is 0.690. The number of hydrogen-bond donors (Lipinski definition) is 1. The second kappa shape index (κ2) is 18.2. The number of aliphatic hydroxyl groups is 1. The van der Waals surface area contributed by atoms with Gasteiger partial charge in [0.05, 0.1) is 13.1 Å². The van der Waals surface area contributed by atoms with E-state index in [-0.39, 0.29) is 37.4 Å². The van der Waals surface area contributed by atoms with E-state index in [2.05, 4.69) is 13.2 Å². The third-order valence-electron chi connectivity index (χ3n) is 6.45. The Hall–Kier alpha value is -3.21. The van der Waals surface area contributed by atoms with Gasteiger partial charge in [0.2, 0.25) is 0 Å². The molecule has 0 aliphatic carbocycles. The summed E-state index contributed by atoms with van der Waals surface area (Å²) in [4.78, 5) is 65.1. The van der Waals surface area contributed by atoms with Crippen molar-refractivity contribution in [3.63, 3.8) is 0 Å². The van der Waals surface area contributed by atoms with Crippen molar-refractivity contribution in [3.05, 3.63) is 55.8 Å². The largest absolute Gasteiger partial charge is 0.457 e. The van der Waals surface area contributed by atoms with Crippen molar-refractivity contribution < 1.29 is 24.2 Å². The summed E-state index contributed by atoms with van der Waals surface area (Å²) in [6, 6.07) is 0. The SMILES string of the molecule is C=C(C)C(=O)OC(CCCC)Cn1c(=O)n(CCCCCCO)c(=O)n(CC(CCCC)OC(=O)C(=C)C)c1=O. The summed E-state index contributed by atoms with van der Waals surface area (Å²) >= 11 is 0. The number of ether oxygens (including phenoxy) is 2. The molecule has 0 radical (unpaired) electrons. The minimum atomic E-state index is -0.854. The maximum atomic E-state index is 13.6. The first-order valence-corrected chi connectivity index (χ1v) is 14.3. The first-order valence-electron chi connectivity index (χ1n) is 14.3. The maximum Gasteiger partial charge on any atom is 0.336 e. The lowest BCUT2D eigenvalue weighted by molar-refractivity contribution is -0.146. The molecule has 0 saturated heterocycles. The van der Waals surface area contributed by atoms with Gasteiger partial charge in [0.1, 0.15) is 12.2 Å². The van der Waals surface area contributed by atoms with Crippen LogP contribution in [0, 0.1) is 0 Å². The minimum absolute atomic E-state index is 0.0573. The van der Waals surface area contributed by atoms with E-state index in [1.54, 1.807) is 0 Å². The van der Waals surface area contributed by atoms with E-state index >= 15 is 0 Å². The number of unbranched alkanes of at least 4 members (excludes halogenated alkanes) is 5. The number of carbonyl (C=O) groups is 2. The van der Waals surface area contributed by atoms with Crippen LogP contribution >= 0.6 is 0 Å². The molecular formula is C29H47N3O8. The molecule has 11 nitrogen and oxygen atoms in total. The zero-order chi connectivity index (χ0) is 30.2. The monoisotopic (exact) mass is 565 g/mol. The van der Waals surface area contributed by atoms with Gasteiger partial charge in [-0.2, -0.15) is 0 Å². The molecule has 2 unspecified atom stereocenters. The molecule has 1 aromatic heterocycles. The van der Waals surface area contributed by atoms with Crippen LogP contribution in [0.25, 0.3) is 0 Å². The first-order chi connectivity index (χ1) is 19.0. The van der Waals surface area contributed by atoms with Gasteiger partial charge in [-0.25, -0.2) is 37.7 Å². The number of aliphatic hydroxyl groups excluding tert-OH is 1. The summed E-state index contributed by atoms with van der Waals surface area (Å²) in [6.07, 6.45) is 4.76. The zero-order valence-corrected chi connectivity index (χ0v) is 24.6. The summed E-state index contributed by atoms with van der Waals surface area (Å²) in [6.45, 7) is 13.8. The zero-order valence-electron chi connectivity index (χ0n) is 24.6. The molecule has 0 aromatic carbocycles. The van der Waals surface area contributed by atoms with Crippen LogP contribution < -0.4 is 17.1 Å². The lowest BCUT2D eigenvalue weighted by Gasteiger charge is -2.22. The average molecular weight is 566 g/mol. The highest BCUT2D eigenvalue weighted by molar-refractivity contribution is 5.87. The Kier molecular flexibility index (Phi) is 15.8. The van der Waals surface area contributed by atoms with E-state index in [4.69, 9.17) is 14.6 Å². The molecule has 0 saturated carbocycles. The topological polar surface area (TPSA) is 139 Å². The molecule has 2 atom stereocenters. The molecule has 1 N–H and O–H groups in total. The highest BCUT2D eigenvalue weighted by atomic mass is 16.5. The van der Waals surface area contributed by atoms with E-state index in [1.165, 1.54) is 13.8 Å². The Bertz CT molecular complexity index is 1100. The molecule has 1 rings (SSSR count). The smallest absolute Gasteiger partial charge is 0.336 e.